The van der Waals surface area contributed by atoms with Crippen molar-refractivity contribution < 1.29 is 19.4 Å². The number of carbonyl (C=O) groups excluding carboxylic acids is 1. The summed E-state index contributed by atoms with van der Waals surface area (Å²) in [6, 6.07) is 7.85. The number of carboxylic acid groups (broad SMARTS) is 1. The molecule has 0 aliphatic rings. The minimum absolute atomic E-state index is 0.117. The summed E-state index contributed by atoms with van der Waals surface area (Å²) in [7, 11) is 1.53. The number of anilines is 1. The van der Waals surface area contributed by atoms with Crippen LogP contribution >= 0.6 is 15.9 Å². The fourth-order valence-corrected chi connectivity index (χ4v) is 1.92. The quantitative estimate of drug-likeness (QED) is 0.884. The van der Waals surface area contributed by atoms with Crippen LogP contribution in [0, 0.1) is 0 Å². The van der Waals surface area contributed by atoms with Gasteiger partial charge < -0.3 is 15.2 Å². The van der Waals surface area contributed by atoms with Gasteiger partial charge in [0.15, 0.2) is 0 Å². The number of nitrogens with one attached hydrogen (secondary N) is 1. The molecule has 2 N–H and O–H groups in total. The molecule has 21 heavy (non-hydrogen) atoms. The van der Waals surface area contributed by atoms with Crippen molar-refractivity contribution in [1.82, 2.24) is 4.98 Å². The van der Waals surface area contributed by atoms with Gasteiger partial charge in [0.2, 0.25) is 0 Å². The van der Waals surface area contributed by atoms with Gasteiger partial charge in [-0.15, -0.1) is 0 Å². The molecule has 1 heterocycles. The van der Waals surface area contributed by atoms with Gasteiger partial charge in [0.25, 0.3) is 5.91 Å². The zero-order valence-electron chi connectivity index (χ0n) is 11.0. The zero-order chi connectivity index (χ0) is 15.4. The van der Waals surface area contributed by atoms with Gasteiger partial charge in [0.1, 0.15) is 11.4 Å². The van der Waals surface area contributed by atoms with E-state index in [0.717, 1.165) is 0 Å². The van der Waals surface area contributed by atoms with E-state index in [9.17, 15) is 9.59 Å². The molecule has 1 aromatic carbocycles. The topological polar surface area (TPSA) is 88.5 Å². The van der Waals surface area contributed by atoms with Crippen molar-refractivity contribution in [1.29, 1.82) is 0 Å². The van der Waals surface area contributed by atoms with Crippen LogP contribution in [0.1, 0.15) is 20.8 Å². The van der Waals surface area contributed by atoms with Crippen molar-refractivity contribution in [2.24, 2.45) is 0 Å². The number of hydrogen-bond acceptors (Lipinski definition) is 4. The van der Waals surface area contributed by atoms with E-state index in [2.05, 4.69) is 26.2 Å². The Bertz CT molecular complexity index is 686. The first-order valence-corrected chi connectivity index (χ1v) is 6.65. The maximum Gasteiger partial charge on any atom is 0.354 e. The second-order valence-electron chi connectivity index (χ2n) is 4.04. The van der Waals surface area contributed by atoms with Crippen molar-refractivity contribution >= 4 is 33.5 Å². The Morgan fingerprint density at radius 1 is 1.29 bits per heavy atom. The Balaban J connectivity index is 2.19. The molecule has 0 unspecified atom stereocenters. The third-order valence-electron chi connectivity index (χ3n) is 2.67. The highest BCUT2D eigenvalue weighted by molar-refractivity contribution is 9.10. The molecule has 0 saturated carbocycles. The first kappa shape index (κ1) is 15.0. The third-order valence-corrected chi connectivity index (χ3v) is 3.36. The number of carboxylic acids is 1. The normalized spacial score (nSPS) is 10.0. The third kappa shape index (κ3) is 3.57. The molecule has 0 aliphatic carbocycles. The lowest BCUT2D eigenvalue weighted by atomic mass is 10.2. The van der Waals surface area contributed by atoms with Gasteiger partial charge in [0, 0.05) is 16.7 Å². The summed E-state index contributed by atoms with van der Waals surface area (Å²) in [5, 5.41) is 11.5. The van der Waals surface area contributed by atoms with Crippen LogP contribution in [0.4, 0.5) is 5.69 Å². The van der Waals surface area contributed by atoms with Gasteiger partial charge in [-0.3, -0.25) is 4.79 Å². The van der Waals surface area contributed by atoms with Crippen LogP contribution in [-0.2, 0) is 0 Å². The number of methoxy groups -OCH3 is 1. The standard InChI is InChI=1S/C14H11BrN2O4/c1-21-9-3-4-10(15)12(6-9)17-13(18)8-2-5-11(14(19)20)16-7-8/h2-7H,1H3,(H,17,18)(H,19,20). The summed E-state index contributed by atoms with van der Waals surface area (Å²) in [6.45, 7) is 0. The number of aromatic nitrogens is 1. The molecule has 0 aliphatic heterocycles. The van der Waals surface area contributed by atoms with Crippen LogP contribution in [0.15, 0.2) is 41.0 Å². The molecule has 2 aromatic rings. The van der Waals surface area contributed by atoms with Gasteiger partial charge in [-0.2, -0.15) is 0 Å². The fraction of sp³-hybridized carbons (Fsp3) is 0.0714. The Hall–Kier alpha value is -2.41. The van der Waals surface area contributed by atoms with Crippen LogP contribution in [-0.4, -0.2) is 29.1 Å². The summed E-state index contributed by atoms with van der Waals surface area (Å²) in [5.74, 6) is -0.932. The van der Waals surface area contributed by atoms with Crippen molar-refractivity contribution in [3.8, 4) is 5.75 Å². The number of pyridine rings is 1. The second kappa shape index (κ2) is 6.36. The van der Waals surface area contributed by atoms with Gasteiger partial charge in [-0.25, -0.2) is 9.78 Å². The van der Waals surface area contributed by atoms with Crippen molar-refractivity contribution in [2.45, 2.75) is 0 Å². The van der Waals surface area contributed by atoms with E-state index in [1.54, 1.807) is 18.2 Å². The molecule has 1 amide bonds. The Morgan fingerprint density at radius 2 is 2.05 bits per heavy atom. The molecule has 1 aromatic heterocycles. The maximum absolute atomic E-state index is 12.1. The molecule has 2 rings (SSSR count). The van der Waals surface area contributed by atoms with E-state index in [4.69, 9.17) is 9.84 Å². The maximum atomic E-state index is 12.1. The Kier molecular flexibility index (Phi) is 4.54. The number of hydrogen-bond donors (Lipinski definition) is 2. The highest BCUT2D eigenvalue weighted by atomic mass is 79.9. The summed E-state index contributed by atoms with van der Waals surface area (Å²) >= 11 is 3.33. The van der Waals surface area contributed by atoms with Crippen LogP contribution in [0.2, 0.25) is 0 Å². The predicted octanol–water partition coefficient (Wildman–Crippen LogP) is 2.80. The first-order chi connectivity index (χ1) is 10.0. The highest BCUT2D eigenvalue weighted by Crippen LogP contribution is 2.27. The minimum Gasteiger partial charge on any atom is -0.497 e. The fourth-order valence-electron chi connectivity index (χ4n) is 1.58. The molecule has 0 radical (unpaired) electrons. The van der Waals surface area contributed by atoms with E-state index >= 15 is 0 Å². The molecule has 0 bridgehead atoms. The average molecular weight is 351 g/mol. The number of benzene rings is 1. The van der Waals surface area contributed by atoms with E-state index in [-0.39, 0.29) is 11.3 Å². The van der Waals surface area contributed by atoms with Crippen molar-refractivity contribution in [2.75, 3.05) is 12.4 Å². The number of aromatic carboxylic acids is 1. The molecule has 6 nitrogen and oxygen atoms in total. The monoisotopic (exact) mass is 350 g/mol. The number of rotatable bonds is 4. The molecule has 0 spiro atoms. The van der Waals surface area contributed by atoms with Crippen LogP contribution < -0.4 is 10.1 Å². The molecular weight excluding hydrogens is 340 g/mol. The van der Waals surface area contributed by atoms with Crippen molar-refractivity contribution in [3.63, 3.8) is 0 Å². The van der Waals surface area contributed by atoms with Gasteiger partial charge >= 0.3 is 5.97 Å². The number of ether oxygens (including phenoxy) is 1. The summed E-state index contributed by atoms with van der Waals surface area (Å²) in [4.78, 5) is 26.5. The van der Waals surface area contributed by atoms with Gasteiger partial charge in [-0.05, 0) is 40.2 Å². The number of nitrogens with zero attached hydrogens (tertiary/aromatic N) is 1. The Morgan fingerprint density at radius 3 is 2.62 bits per heavy atom. The smallest absolute Gasteiger partial charge is 0.354 e. The van der Waals surface area contributed by atoms with Crippen LogP contribution in [0.5, 0.6) is 5.75 Å². The van der Waals surface area contributed by atoms with Gasteiger partial charge in [-0.1, -0.05) is 0 Å². The lowest BCUT2D eigenvalue weighted by Crippen LogP contribution is -2.13. The van der Waals surface area contributed by atoms with Gasteiger partial charge in [0.05, 0.1) is 18.4 Å². The van der Waals surface area contributed by atoms with E-state index in [0.29, 0.717) is 15.9 Å². The van der Waals surface area contributed by atoms with Crippen molar-refractivity contribution in [3.05, 3.63) is 52.3 Å². The van der Waals surface area contributed by atoms with E-state index in [1.807, 2.05) is 0 Å². The summed E-state index contributed by atoms with van der Waals surface area (Å²) in [6.07, 6.45) is 1.22. The number of amides is 1. The summed E-state index contributed by atoms with van der Waals surface area (Å²) in [5.41, 5.74) is 0.686. The largest absolute Gasteiger partial charge is 0.497 e. The van der Waals surface area contributed by atoms with E-state index in [1.165, 1.54) is 25.4 Å². The molecular formula is C14H11BrN2O4. The number of halogens is 1. The second-order valence-corrected chi connectivity index (χ2v) is 4.89. The van der Waals surface area contributed by atoms with Crippen LogP contribution in [0.25, 0.3) is 0 Å². The zero-order valence-corrected chi connectivity index (χ0v) is 12.5. The molecule has 0 atom stereocenters. The average Bonchev–Trinajstić information content (AvgIpc) is 2.49. The molecule has 108 valence electrons. The number of carbonyl (C=O) groups is 2. The lowest BCUT2D eigenvalue weighted by molar-refractivity contribution is 0.0690. The Labute approximate surface area is 128 Å². The van der Waals surface area contributed by atoms with E-state index < -0.39 is 11.9 Å². The SMILES string of the molecule is COc1ccc(Br)c(NC(=O)c2ccc(C(=O)O)nc2)c1. The predicted molar refractivity (Wildman–Crippen MR) is 79.8 cm³/mol. The molecule has 0 fully saturated rings. The van der Waals surface area contributed by atoms with Crippen LogP contribution in [0.3, 0.4) is 0 Å². The molecule has 7 heteroatoms. The summed E-state index contributed by atoms with van der Waals surface area (Å²) < 4.78 is 5.79. The molecule has 0 saturated heterocycles. The first-order valence-electron chi connectivity index (χ1n) is 5.85. The lowest BCUT2D eigenvalue weighted by Gasteiger charge is -2.09. The highest BCUT2D eigenvalue weighted by Gasteiger charge is 2.11. The minimum atomic E-state index is -1.14.